The average Bonchev–Trinajstić information content (AvgIpc) is 3.31. The van der Waals surface area contributed by atoms with Gasteiger partial charge in [0.05, 0.1) is 11.0 Å². The van der Waals surface area contributed by atoms with E-state index in [1.165, 1.54) is 70.9 Å². The van der Waals surface area contributed by atoms with Crippen LogP contribution in [0, 0.1) is 0 Å². The first-order valence-electron chi connectivity index (χ1n) is 12.8. The van der Waals surface area contributed by atoms with E-state index in [4.69, 9.17) is 0 Å². The Kier molecular flexibility index (Phi) is 4.29. The molecule has 0 N–H and O–H groups in total. The summed E-state index contributed by atoms with van der Waals surface area (Å²) in [5, 5.41) is 10.2. The minimum Gasteiger partial charge on any atom is -0.309 e. The first-order chi connectivity index (χ1) is 18.3. The van der Waals surface area contributed by atoms with Gasteiger partial charge in [0.15, 0.2) is 0 Å². The second-order valence-electron chi connectivity index (χ2n) is 9.84. The zero-order chi connectivity index (χ0) is 24.3. The van der Waals surface area contributed by atoms with Crippen molar-refractivity contribution in [2.24, 2.45) is 0 Å². The second kappa shape index (κ2) is 7.81. The van der Waals surface area contributed by atoms with Crippen molar-refractivity contribution in [2.45, 2.75) is 0 Å². The Hall–Kier alpha value is -4.88. The molecular weight excluding hydrogens is 446 g/mol. The van der Waals surface area contributed by atoms with Crippen LogP contribution in [0.2, 0.25) is 0 Å². The summed E-state index contributed by atoms with van der Waals surface area (Å²) in [5.41, 5.74) is 6.16. The molecule has 0 aliphatic heterocycles. The Morgan fingerprint density at radius 3 is 1.62 bits per heavy atom. The third-order valence-corrected chi connectivity index (χ3v) is 7.74. The van der Waals surface area contributed by atoms with Crippen LogP contribution in [0.3, 0.4) is 0 Å². The standard InChI is InChI=1S/C36H23N/c1-2-8-31-24(7-1)13-16-29-22-27(18-20-32(29)31)25-14-15-28-23-30(19-17-26(28)21-25)37-35-11-5-3-9-33(35)34-10-4-6-12-36(34)37/h1-23H. The fourth-order valence-corrected chi connectivity index (χ4v) is 5.95. The van der Waals surface area contributed by atoms with Gasteiger partial charge in [-0.1, -0.05) is 103 Å². The van der Waals surface area contributed by atoms with E-state index in [0.29, 0.717) is 0 Å². The van der Waals surface area contributed by atoms with Crippen molar-refractivity contribution in [2.75, 3.05) is 0 Å². The monoisotopic (exact) mass is 469 g/mol. The molecule has 37 heavy (non-hydrogen) atoms. The lowest BCUT2D eigenvalue weighted by Crippen LogP contribution is -1.93. The Morgan fingerprint density at radius 1 is 0.324 bits per heavy atom. The van der Waals surface area contributed by atoms with Gasteiger partial charge in [-0.05, 0) is 79.8 Å². The molecule has 0 aliphatic rings. The lowest BCUT2D eigenvalue weighted by atomic mass is 9.96. The molecule has 1 heteroatoms. The summed E-state index contributed by atoms with van der Waals surface area (Å²) in [6.45, 7) is 0. The van der Waals surface area contributed by atoms with E-state index < -0.39 is 0 Å². The van der Waals surface area contributed by atoms with Gasteiger partial charge in [-0.25, -0.2) is 0 Å². The molecule has 172 valence electrons. The van der Waals surface area contributed by atoms with Crippen molar-refractivity contribution in [1.29, 1.82) is 0 Å². The topological polar surface area (TPSA) is 4.93 Å². The van der Waals surface area contributed by atoms with Gasteiger partial charge in [-0.3, -0.25) is 0 Å². The summed E-state index contributed by atoms with van der Waals surface area (Å²) in [4.78, 5) is 0. The van der Waals surface area contributed by atoms with Crippen molar-refractivity contribution >= 4 is 54.1 Å². The Bertz CT molecular complexity index is 2090. The van der Waals surface area contributed by atoms with Crippen molar-refractivity contribution in [3.05, 3.63) is 140 Å². The molecule has 1 aromatic heterocycles. The maximum Gasteiger partial charge on any atom is 0.0541 e. The molecule has 0 amide bonds. The van der Waals surface area contributed by atoms with Gasteiger partial charge in [0.25, 0.3) is 0 Å². The Balaban J connectivity index is 1.25. The fourth-order valence-electron chi connectivity index (χ4n) is 5.95. The number of fused-ring (bicyclic) bond motifs is 7. The smallest absolute Gasteiger partial charge is 0.0541 e. The van der Waals surface area contributed by atoms with E-state index in [1.807, 2.05) is 0 Å². The van der Waals surface area contributed by atoms with Crippen LogP contribution in [0.25, 0.3) is 70.9 Å². The number of nitrogens with zero attached hydrogens (tertiary/aromatic N) is 1. The Labute approximate surface area is 214 Å². The summed E-state index contributed by atoms with van der Waals surface area (Å²) in [5.74, 6) is 0. The molecule has 0 aliphatic carbocycles. The summed E-state index contributed by atoms with van der Waals surface area (Å²) in [6, 6.07) is 50.9. The highest BCUT2D eigenvalue weighted by Gasteiger charge is 2.12. The second-order valence-corrected chi connectivity index (χ2v) is 9.84. The number of hydrogen-bond acceptors (Lipinski definition) is 0. The molecule has 0 atom stereocenters. The van der Waals surface area contributed by atoms with E-state index in [2.05, 4.69) is 144 Å². The van der Waals surface area contributed by atoms with Crippen molar-refractivity contribution in [1.82, 2.24) is 4.57 Å². The van der Waals surface area contributed by atoms with Crippen LogP contribution in [-0.4, -0.2) is 4.57 Å². The number of rotatable bonds is 2. The summed E-state index contributed by atoms with van der Waals surface area (Å²) in [6.07, 6.45) is 0. The van der Waals surface area contributed by atoms with E-state index in [0.717, 1.165) is 0 Å². The van der Waals surface area contributed by atoms with Crippen LogP contribution in [0.1, 0.15) is 0 Å². The minimum absolute atomic E-state index is 1.19. The molecule has 0 saturated heterocycles. The van der Waals surface area contributed by atoms with Gasteiger partial charge in [0, 0.05) is 16.5 Å². The van der Waals surface area contributed by atoms with Crippen LogP contribution < -0.4 is 0 Å². The summed E-state index contributed by atoms with van der Waals surface area (Å²) >= 11 is 0. The quantitative estimate of drug-likeness (QED) is 0.222. The number of benzene rings is 7. The Morgan fingerprint density at radius 2 is 0.838 bits per heavy atom. The molecule has 7 aromatic carbocycles. The molecule has 0 unspecified atom stereocenters. The predicted octanol–water partition coefficient (Wildman–Crippen LogP) is 9.91. The third kappa shape index (κ3) is 3.11. The number of hydrogen-bond donors (Lipinski definition) is 0. The van der Waals surface area contributed by atoms with Gasteiger partial charge in [0.1, 0.15) is 0 Å². The molecule has 0 saturated carbocycles. The van der Waals surface area contributed by atoms with E-state index in [1.54, 1.807) is 0 Å². The minimum atomic E-state index is 1.19. The molecule has 8 aromatic rings. The predicted molar refractivity (Wildman–Crippen MR) is 159 cm³/mol. The molecule has 8 rings (SSSR count). The molecule has 1 nitrogen and oxygen atoms in total. The number of aromatic nitrogens is 1. The van der Waals surface area contributed by atoms with Gasteiger partial charge in [0.2, 0.25) is 0 Å². The first-order valence-corrected chi connectivity index (χ1v) is 12.8. The maximum atomic E-state index is 2.38. The van der Waals surface area contributed by atoms with E-state index >= 15 is 0 Å². The largest absolute Gasteiger partial charge is 0.309 e. The van der Waals surface area contributed by atoms with Crippen LogP contribution in [0.4, 0.5) is 0 Å². The first kappa shape index (κ1) is 20.3. The van der Waals surface area contributed by atoms with Gasteiger partial charge < -0.3 is 4.57 Å². The summed E-state index contributed by atoms with van der Waals surface area (Å²) < 4.78 is 2.38. The molecular formula is C36H23N. The van der Waals surface area contributed by atoms with Crippen molar-refractivity contribution < 1.29 is 0 Å². The van der Waals surface area contributed by atoms with Crippen LogP contribution in [0.5, 0.6) is 0 Å². The van der Waals surface area contributed by atoms with Gasteiger partial charge in [-0.2, -0.15) is 0 Å². The third-order valence-electron chi connectivity index (χ3n) is 7.74. The van der Waals surface area contributed by atoms with E-state index in [-0.39, 0.29) is 0 Å². The highest BCUT2D eigenvalue weighted by molar-refractivity contribution is 6.10. The van der Waals surface area contributed by atoms with E-state index in [9.17, 15) is 0 Å². The number of para-hydroxylation sites is 2. The van der Waals surface area contributed by atoms with Gasteiger partial charge in [-0.15, -0.1) is 0 Å². The van der Waals surface area contributed by atoms with Crippen LogP contribution in [-0.2, 0) is 0 Å². The highest BCUT2D eigenvalue weighted by atomic mass is 15.0. The lowest BCUT2D eigenvalue weighted by molar-refractivity contribution is 1.19. The zero-order valence-corrected chi connectivity index (χ0v) is 20.2. The average molecular weight is 470 g/mol. The SMILES string of the molecule is c1ccc2c(c1)ccc1cc(-c3ccc4cc(-n5c6ccccc6c6ccccc65)ccc4c3)ccc12. The van der Waals surface area contributed by atoms with Crippen LogP contribution in [0.15, 0.2) is 140 Å². The highest BCUT2D eigenvalue weighted by Crippen LogP contribution is 2.34. The van der Waals surface area contributed by atoms with Crippen molar-refractivity contribution in [3.8, 4) is 16.8 Å². The normalized spacial score (nSPS) is 11.8. The van der Waals surface area contributed by atoms with Gasteiger partial charge >= 0.3 is 0 Å². The molecule has 0 fully saturated rings. The lowest BCUT2D eigenvalue weighted by Gasteiger charge is -2.11. The molecule has 0 radical (unpaired) electrons. The summed E-state index contributed by atoms with van der Waals surface area (Å²) in [7, 11) is 0. The van der Waals surface area contributed by atoms with Crippen LogP contribution >= 0.6 is 0 Å². The molecule has 1 heterocycles. The fraction of sp³-hybridized carbons (Fsp3) is 0. The molecule has 0 bridgehead atoms. The molecule has 0 spiro atoms. The maximum absolute atomic E-state index is 2.38. The zero-order valence-electron chi connectivity index (χ0n) is 20.2. The van der Waals surface area contributed by atoms with Crippen molar-refractivity contribution in [3.63, 3.8) is 0 Å².